The Morgan fingerprint density at radius 3 is 2.65 bits per heavy atom. The minimum Gasteiger partial charge on any atom is -0.464 e. The van der Waals surface area contributed by atoms with Crippen molar-refractivity contribution in [1.82, 2.24) is 0 Å². The summed E-state index contributed by atoms with van der Waals surface area (Å²) in [5, 5.41) is 0. The van der Waals surface area contributed by atoms with Gasteiger partial charge in [0.2, 0.25) is 0 Å². The summed E-state index contributed by atoms with van der Waals surface area (Å²) in [6.45, 7) is 0.565. The first-order valence-electron chi connectivity index (χ1n) is 6.75. The van der Waals surface area contributed by atoms with Gasteiger partial charge >= 0.3 is 0 Å². The summed E-state index contributed by atoms with van der Waals surface area (Å²) in [5.41, 5.74) is 0.0307. The summed E-state index contributed by atoms with van der Waals surface area (Å²) in [6.07, 6.45) is 8.47. The average molecular weight is 238 g/mol. The maximum Gasteiger partial charge on any atom is 0.293 e. The molecule has 2 aliphatic carbocycles. The SMILES string of the molecule is O=COC1CCC2(C34CCCCC3O4)OC2C1. The van der Waals surface area contributed by atoms with E-state index in [2.05, 4.69) is 0 Å². The van der Waals surface area contributed by atoms with Gasteiger partial charge in [0.25, 0.3) is 6.47 Å². The molecule has 0 aromatic heterocycles. The number of carbonyl (C=O) groups excluding carboxylic acids is 1. The molecule has 0 bridgehead atoms. The zero-order valence-corrected chi connectivity index (χ0v) is 9.89. The maximum absolute atomic E-state index is 10.4. The summed E-state index contributed by atoms with van der Waals surface area (Å²) in [4.78, 5) is 10.4. The maximum atomic E-state index is 10.4. The van der Waals surface area contributed by atoms with E-state index in [0.717, 1.165) is 25.7 Å². The van der Waals surface area contributed by atoms with Gasteiger partial charge in [-0.05, 0) is 25.7 Å². The van der Waals surface area contributed by atoms with Crippen LogP contribution in [0, 0.1) is 0 Å². The van der Waals surface area contributed by atoms with Crippen LogP contribution in [0.5, 0.6) is 0 Å². The van der Waals surface area contributed by atoms with Crippen molar-refractivity contribution in [3.8, 4) is 0 Å². The predicted molar refractivity (Wildman–Crippen MR) is 58.5 cm³/mol. The van der Waals surface area contributed by atoms with Crippen LogP contribution in [-0.2, 0) is 19.0 Å². The molecule has 0 aromatic rings. The van der Waals surface area contributed by atoms with Crippen LogP contribution in [0.2, 0.25) is 0 Å². The number of epoxide rings is 2. The quantitative estimate of drug-likeness (QED) is 0.553. The molecule has 0 amide bonds. The molecular formula is C13H18O4. The van der Waals surface area contributed by atoms with Crippen LogP contribution in [0.1, 0.15) is 44.9 Å². The second-order valence-electron chi connectivity index (χ2n) is 5.87. The third-order valence-corrected chi connectivity index (χ3v) is 5.17. The summed E-state index contributed by atoms with van der Waals surface area (Å²) in [7, 11) is 0. The predicted octanol–water partition coefficient (Wildman–Crippen LogP) is 1.56. The Labute approximate surface area is 101 Å². The molecule has 4 nitrogen and oxygen atoms in total. The monoisotopic (exact) mass is 238 g/mol. The molecule has 17 heavy (non-hydrogen) atoms. The lowest BCUT2D eigenvalue weighted by Crippen LogP contribution is -2.43. The van der Waals surface area contributed by atoms with E-state index in [4.69, 9.17) is 14.2 Å². The van der Waals surface area contributed by atoms with Crippen LogP contribution in [0.4, 0.5) is 0 Å². The first kappa shape index (κ1) is 10.3. The molecule has 4 fully saturated rings. The van der Waals surface area contributed by atoms with Crippen LogP contribution in [0.25, 0.3) is 0 Å². The molecule has 5 atom stereocenters. The third kappa shape index (κ3) is 1.23. The van der Waals surface area contributed by atoms with Crippen molar-refractivity contribution < 1.29 is 19.0 Å². The lowest BCUT2D eigenvalue weighted by molar-refractivity contribution is -0.134. The van der Waals surface area contributed by atoms with E-state index < -0.39 is 0 Å². The zero-order chi connectivity index (χ0) is 11.5. The highest BCUT2D eigenvalue weighted by molar-refractivity contribution is 5.38. The van der Waals surface area contributed by atoms with Crippen molar-refractivity contribution in [3.05, 3.63) is 0 Å². The number of ether oxygens (including phenoxy) is 3. The first-order valence-corrected chi connectivity index (χ1v) is 6.75. The molecule has 2 saturated carbocycles. The zero-order valence-electron chi connectivity index (χ0n) is 9.89. The van der Waals surface area contributed by atoms with Crippen LogP contribution < -0.4 is 0 Å². The Morgan fingerprint density at radius 1 is 1.06 bits per heavy atom. The van der Waals surface area contributed by atoms with Crippen LogP contribution in [0.3, 0.4) is 0 Å². The Kier molecular flexibility index (Phi) is 1.96. The number of hydrogen-bond acceptors (Lipinski definition) is 4. The van der Waals surface area contributed by atoms with Crippen molar-refractivity contribution >= 4 is 6.47 Å². The third-order valence-electron chi connectivity index (χ3n) is 5.17. The minimum atomic E-state index is -0.0131. The molecule has 0 aromatic carbocycles. The Hall–Kier alpha value is -0.610. The van der Waals surface area contributed by atoms with E-state index in [0.29, 0.717) is 12.6 Å². The normalized spacial score (nSPS) is 55.4. The first-order chi connectivity index (χ1) is 8.31. The topological polar surface area (TPSA) is 51.4 Å². The fourth-order valence-electron chi connectivity index (χ4n) is 4.23. The van der Waals surface area contributed by atoms with Gasteiger partial charge in [0.15, 0.2) is 0 Å². The largest absolute Gasteiger partial charge is 0.464 e. The lowest BCUT2D eigenvalue weighted by Gasteiger charge is -2.29. The van der Waals surface area contributed by atoms with E-state index >= 15 is 0 Å². The second kappa shape index (κ2) is 3.23. The van der Waals surface area contributed by atoms with Gasteiger partial charge in [-0.3, -0.25) is 4.79 Å². The summed E-state index contributed by atoms with van der Waals surface area (Å²) < 4.78 is 17.1. The van der Waals surface area contributed by atoms with Crippen LogP contribution >= 0.6 is 0 Å². The van der Waals surface area contributed by atoms with Gasteiger partial charge in [0.05, 0.1) is 12.2 Å². The highest BCUT2D eigenvalue weighted by Crippen LogP contribution is 2.67. The summed E-state index contributed by atoms with van der Waals surface area (Å²) in [6, 6.07) is 0. The number of fused-ring (bicyclic) bond motifs is 3. The molecule has 4 aliphatic rings. The lowest BCUT2D eigenvalue weighted by atomic mass is 9.72. The number of rotatable bonds is 3. The van der Waals surface area contributed by atoms with Crippen molar-refractivity contribution in [1.29, 1.82) is 0 Å². The Balaban J connectivity index is 1.49. The van der Waals surface area contributed by atoms with Crippen molar-refractivity contribution in [3.63, 3.8) is 0 Å². The molecule has 4 heteroatoms. The number of carbonyl (C=O) groups is 1. The highest BCUT2D eigenvalue weighted by atomic mass is 16.7. The summed E-state index contributed by atoms with van der Waals surface area (Å²) in [5.74, 6) is 0. The van der Waals surface area contributed by atoms with Gasteiger partial charge in [0.1, 0.15) is 17.3 Å². The second-order valence-corrected chi connectivity index (χ2v) is 5.87. The fourth-order valence-corrected chi connectivity index (χ4v) is 4.23. The molecule has 0 N–H and O–H groups in total. The van der Waals surface area contributed by atoms with E-state index in [9.17, 15) is 4.79 Å². The average Bonchev–Trinajstić information content (AvgIpc) is 3.22. The van der Waals surface area contributed by atoms with Gasteiger partial charge in [-0.15, -0.1) is 0 Å². The van der Waals surface area contributed by atoms with Crippen molar-refractivity contribution in [2.45, 2.75) is 74.5 Å². The van der Waals surface area contributed by atoms with Gasteiger partial charge in [-0.25, -0.2) is 0 Å². The van der Waals surface area contributed by atoms with Crippen LogP contribution in [-0.4, -0.2) is 36.0 Å². The molecule has 2 heterocycles. The fraction of sp³-hybridized carbons (Fsp3) is 0.923. The molecule has 2 aliphatic heterocycles. The number of hydrogen-bond donors (Lipinski definition) is 0. The standard InChI is InChI=1S/C13H18O4/c14-8-15-9-4-6-13(11(7-9)17-13)12-5-2-1-3-10(12)16-12/h8-11H,1-7H2. The van der Waals surface area contributed by atoms with Gasteiger partial charge < -0.3 is 14.2 Å². The minimum absolute atomic E-state index is 0.0131. The Bertz CT molecular complexity index is 357. The van der Waals surface area contributed by atoms with Gasteiger partial charge in [-0.2, -0.15) is 0 Å². The molecule has 4 rings (SSSR count). The van der Waals surface area contributed by atoms with Crippen molar-refractivity contribution in [2.75, 3.05) is 0 Å². The van der Waals surface area contributed by atoms with E-state index in [1.807, 2.05) is 0 Å². The Morgan fingerprint density at radius 2 is 1.88 bits per heavy atom. The smallest absolute Gasteiger partial charge is 0.293 e. The van der Waals surface area contributed by atoms with E-state index in [1.54, 1.807) is 0 Å². The van der Waals surface area contributed by atoms with Gasteiger partial charge in [-0.1, -0.05) is 12.8 Å². The van der Waals surface area contributed by atoms with Crippen molar-refractivity contribution in [2.24, 2.45) is 0 Å². The molecule has 5 unspecified atom stereocenters. The molecule has 0 spiro atoms. The van der Waals surface area contributed by atoms with E-state index in [1.165, 1.54) is 19.3 Å². The molecule has 0 radical (unpaired) electrons. The molecule has 2 saturated heterocycles. The van der Waals surface area contributed by atoms with Crippen LogP contribution in [0.15, 0.2) is 0 Å². The molecular weight excluding hydrogens is 220 g/mol. The molecule has 94 valence electrons. The van der Waals surface area contributed by atoms with Gasteiger partial charge in [0, 0.05) is 6.42 Å². The summed E-state index contributed by atoms with van der Waals surface area (Å²) >= 11 is 0. The van der Waals surface area contributed by atoms with E-state index in [-0.39, 0.29) is 23.4 Å². The highest BCUT2D eigenvalue weighted by Gasteiger charge is 2.80.